The van der Waals surface area contributed by atoms with E-state index < -0.39 is 6.09 Å². The van der Waals surface area contributed by atoms with Crippen molar-refractivity contribution in [2.75, 3.05) is 17.6 Å². The van der Waals surface area contributed by atoms with Crippen molar-refractivity contribution < 1.29 is 14.3 Å². The third kappa shape index (κ3) is 7.60. The second kappa shape index (κ2) is 12.8. The zero-order valence-electron chi connectivity index (χ0n) is 22.3. The number of rotatable bonds is 10. The Hall–Kier alpha value is -3.84. The molecule has 0 bridgehead atoms. The van der Waals surface area contributed by atoms with Gasteiger partial charge in [0.2, 0.25) is 0 Å². The summed E-state index contributed by atoms with van der Waals surface area (Å²) >= 11 is 0. The van der Waals surface area contributed by atoms with Crippen molar-refractivity contribution in [3.05, 3.63) is 95.1 Å². The topological polar surface area (TPSA) is 105 Å². The molecule has 0 aliphatic heterocycles. The summed E-state index contributed by atoms with van der Waals surface area (Å²) in [5, 5.41) is 9.34. The SMILES string of the molecule is Nc1ccccc1NC(=O)c1ccc(CNC(=O)OCc2ccc([C@H]3C[C@@H]3NCC3CCCCC3)cc2)cc1. The molecular weight excluding hydrogens is 488 g/mol. The molecule has 7 nitrogen and oxygen atoms in total. The Morgan fingerprint density at radius 3 is 2.33 bits per heavy atom. The van der Waals surface area contributed by atoms with Crippen LogP contribution in [0.4, 0.5) is 16.2 Å². The Bertz CT molecular complexity index is 1250. The third-order valence-electron chi connectivity index (χ3n) is 7.82. The minimum absolute atomic E-state index is 0.224. The van der Waals surface area contributed by atoms with Gasteiger partial charge in [-0.1, -0.05) is 67.8 Å². The lowest BCUT2D eigenvalue weighted by atomic mass is 9.89. The molecular formula is C32H38N4O3. The van der Waals surface area contributed by atoms with Crippen LogP contribution in [0.25, 0.3) is 0 Å². The number of carbonyl (C=O) groups excluding carboxylic acids is 2. The second-order valence-corrected chi connectivity index (χ2v) is 10.8. The molecule has 2 fully saturated rings. The number of amides is 2. The molecule has 0 saturated heterocycles. The Labute approximate surface area is 230 Å². The summed E-state index contributed by atoms with van der Waals surface area (Å²) in [7, 11) is 0. The molecule has 0 radical (unpaired) electrons. The molecule has 3 aromatic rings. The van der Waals surface area contributed by atoms with E-state index in [1.165, 1.54) is 44.1 Å². The van der Waals surface area contributed by atoms with E-state index in [9.17, 15) is 9.59 Å². The van der Waals surface area contributed by atoms with Gasteiger partial charge in [0.1, 0.15) is 6.61 Å². The molecule has 2 aliphatic carbocycles. The summed E-state index contributed by atoms with van der Waals surface area (Å²) in [5.74, 6) is 1.21. The minimum Gasteiger partial charge on any atom is -0.445 e. The minimum atomic E-state index is -0.477. The first kappa shape index (κ1) is 26.8. The van der Waals surface area contributed by atoms with E-state index in [1.54, 1.807) is 36.4 Å². The van der Waals surface area contributed by atoms with E-state index in [0.29, 0.717) is 35.4 Å². The smallest absolute Gasteiger partial charge is 0.407 e. The fraction of sp³-hybridized carbons (Fsp3) is 0.375. The number of ether oxygens (including phenoxy) is 1. The highest BCUT2D eigenvalue weighted by atomic mass is 16.5. The van der Waals surface area contributed by atoms with Gasteiger partial charge in [0.25, 0.3) is 5.91 Å². The van der Waals surface area contributed by atoms with Gasteiger partial charge >= 0.3 is 6.09 Å². The second-order valence-electron chi connectivity index (χ2n) is 10.8. The first-order chi connectivity index (χ1) is 19.0. The van der Waals surface area contributed by atoms with Crippen LogP contribution in [0.15, 0.2) is 72.8 Å². The lowest BCUT2D eigenvalue weighted by Crippen LogP contribution is -2.27. The fourth-order valence-electron chi connectivity index (χ4n) is 5.31. The molecule has 3 aromatic carbocycles. The van der Waals surface area contributed by atoms with E-state index in [0.717, 1.165) is 23.6 Å². The van der Waals surface area contributed by atoms with E-state index in [2.05, 4.69) is 28.1 Å². The van der Waals surface area contributed by atoms with Crippen molar-refractivity contribution in [2.24, 2.45) is 5.92 Å². The third-order valence-corrected chi connectivity index (χ3v) is 7.82. The number of nitrogens with one attached hydrogen (secondary N) is 3. The molecule has 0 unspecified atom stereocenters. The molecule has 39 heavy (non-hydrogen) atoms. The monoisotopic (exact) mass is 526 g/mol. The number of hydrogen-bond acceptors (Lipinski definition) is 5. The van der Waals surface area contributed by atoms with Gasteiger partial charge in [-0.05, 0) is 72.7 Å². The summed E-state index contributed by atoms with van der Waals surface area (Å²) in [6.07, 6.45) is 7.67. The van der Waals surface area contributed by atoms with E-state index in [1.807, 2.05) is 24.3 Å². The van der Waals surface area contributed by atoms with Crippen molar-refractivity contribution in [1.82, 2.24) is 10.6 Å². The molecule has 0 heterocycles. The van der Waals surface area contributed by atoms with Crippen LogP contribution in [0.5, 0.6) is 0 Å². The Balaban J connectivity index is 1.00. The molecule has 0 spiro atoms. The number of hydrogen-bond donors (Lipinski definition) is 4. The maximum Gasteiger partial charge on any atom is 0.407 e. The normalized spacial score (nSPS) is 18.8. The largest absolute Gasteiger partial charge is 0.445 e. The molecule has 0 aromatic heterocycles. The van der Waals surface area contributed by atoms with Crippen molar-refractivity contribution in [2.45, 2.75) is 63.6 Å². The number of carbonyl (C=O) groups is 2. The lowest BCUT2D eigenvalue weighted by molar-refractivity contribution is 0.102. The first-order valence-electron chi connectivity index (χ1n) is 14.0. The Morgan fingerprint density at radius 2 is 1.59 bits per heavy atom. The van der Waals surface area contributed by atoms with Gasteiger partial charge in [-0.2, -0.15) is 0 Å². The van der Waals surface area contributed by atoms with Crippen LogP contribution in [0, 0.1) is 5.92 Å². The summed E-state index contributed by atoms with van der Waals surface area (Å²) in [6, 6.07) is 23.2. The van der Waals surface area contributed by atoms with Crippen LogP contribution in [0.1, 0.15) is 71.5 Å². The molecule has 2 aliphatic rings. The van der Waals surface area contributed by atoms with E-state index >= 15 is 0 Å². The van der Waals surface area contributed by atoms with Gasteiger partial charge in [-0.15, -0.1) is 0 Å². The number of benzene rings is 3. The lowest BCUT2D eigenvalue weighted by Gasteiger charge is -2.21. The van der Waals surface area contributed by atoms with Crippen LogP contribution in [-0.4, -0.2) is 24.6 Å². The molecule has 5 rings (SSSR count). The zero-order valence-corrected chi connectivity index (χ0v) is 22.3. The van der Waals surface area contributed by atoms with Crippen LogP contribution < -0.4 is 21.7 Å². The fourth-order valence-corrected chi connectivity index (χ4v) is 5.31. The zero-order chi connectivity index (χ0) is 27.0. The molecule has 2 atom stereocenters. The Morgan fingerprint density at radius 1 is 0.872 bits per heavy atom. The standard InChI is InChI=1S/C32H38N4O3/c33-28-8-4-5-9-29(28)36-31(37)26-16-10-23(11-17-26)20-35-32(38)39-21-24-12-14-25(15-13-24)27-18-30(27)34-19-22-6-2-1-3-7-22/h4-5,8-17,22,27,30,34H,1-3,6-7,18-21,33H2,(H,35,38)(H,36,37)/t27-,30+/m1/s1. The molecule has 2 saturated carbocycles. The van der Waals surface area contributed by atoms with Crippen molar-refractivity contribution in [3.8, 4) is 0 Å². The summed E-state index contributed by atoms with van der Waals surface area (Å²) in [6.45, 7) is 1.69. The number of alkyl carbamates (subject to hydrolysis) is 1. The van der Waals surface area contributed by atoms with Crippen molar-refractivity contribution >= 4 is 23.4 Å². The van der Waals surface area contributed by atoms with Gasteiger partial charge in [0, 0.05) is 24.1 Å². The molecule has 204 valence electrons. The highest BCUT2D eigenvalue weighted by molar-refractivity contribution is 6.05. The predicted molar refractivity (Wildman–Crippen MR) is 154 cm³/mol. The van der Waals surface area contributed by atoms with Gasteiger partial charge in [0.05, 0.1) is 11.4 Å². The highest BCUT2D eigenvalue weighted by Crippen LogP contribution is 2.41. The predicted octanol–water partition coefficient (Wildman–Crippen LogP) is 5.97. The summed E-state index contributed by atoms with van der Waals surface area (Å²) in [5.41, 5.74) is 10.7. The van der Waals surface area contributed by atoms with Crippen LogP contribution in [-0.2, 0) is 17.9 Å². The van der Waals surface area contributed by atoms with Gasteiger partial charge in [-0.3, -0.25) is 4.79 Å². The maximum atomic E-state index is 12.5. The quantitative estimate of drug-likeness (QED) is 0.244. The first-order valence-corrected chi connectivity index (χ1v) is 14.0. The average molecular weight is 527 g/mol. The van der Waals surface area contributed by atoms with Gasteiger partial charge < -0.3 is 26.4 Å². The molecule has 7 heteroatoms. The molecule has 2 amide bonds. The van der Waals surface area contributed by atoms with Crippen molar-refractivity contribution in [3.63, 3.8) is 0 Å². The van der Waals surface area contributed by atoms with Crippen LogP contribution in [0.3, 0.4) is 0 Å². The number of nitrogens with two attached hydrogens (primary N) is 1. The van der Waals surface area contributed by atoms with E-state index in [-0.39, 0.29) is 12.5 Å². The van der Waals surface area contributed by atoms with Crippen molar-refractivity contribution in [1.29, 1.82) is 0 Å². The van der Waals surface area contributed by atoms with E-state index in [4.69, 9.17) is 10.5 Å². The van der Waals surface area contributed by atoms with Gasteiger partial charge in [0.15, 0.2) is 0 Å². The average Bonchev–Trinajstić information content (AvgIpc) is 3.76. The van der Waals surface area contributed by atoms with Gasteiger partial charge in [-0.25, -0.2) is 4.79 Å². The number of nitrogen functional groups attached to an aromatic ring is 1. The Kier molecular flexibility index (Phi) is 8.78. The summed E-state index contributed by atoms with van der Waals surface area (Å²) < 4.78 is 5.39. The number of anilines is 2. The molecule has 5 N–H and O–H groups in total. The summed E-state index contributed by atoms with van der Waals surface area (Å²) in [4.78, 5) is 24.7. The highest BCUT2D eigenvalue weighted by Gasteiger charge is 2.38. The van der Waals surface area contributed by atoms with Crippen LogP contribution >= 0.6 is 0 Å². The van der Waals surface area contributed by atoms with Crippen LogP contribution in [0.2, 0.25) is 0 Å². The number of para-hydroxylation sites is 2. The maximum absolute atomic E-state index is 12.5.